The number of aryl methyl sites for hydroxylation is 1. The topological polar surface area (TPSA) is 46.1 Å². The largest absolute Gasteiger partial charge is 0.348 e. The van der Waals surface area contributed by atoms with E-state index in [0.717, 1.165) is 21.1 Å². The van der Waals surface area contributed by atoms with Gasteiger partial charge in [-0.25, -0.2) is 9.97 Å². The molecule has 0 aliphatic rings. The zero-order chi connectivity index (χ0) is 17.3. The van der Waals surface area contributed by atoms with Crippen molar-refractivity contribution in [3.8, 4) is 10.4 Å². The van der Waals surface area contributed by atoms with Gasteiger partial charge in [0.15, 0.2) is 0 Å². The summed E-state index contributed by atoms with van der Waals surface area (Å²) in [6.07, 6.45) is 0. The summed E-state index contributed by atoms with van der Waals surface area (Å²) in [4.78, 5) is 25.1. The minimum absolute atomic E-state index is 0.0860. The molecule has 0 aliphatic carbocycles. The first kappa shape index (κ1) is 16.9. The Morgan fingerprint density at radius 3 is 2.58 bits per heavy atom. The quantitative estimate of drug-likeness (QED) is 0.518. The summed E-state index contributed by atoms with van der Waals surface area (Å²) < 4.78 is 0. The van der Waals surface area contributed by atoms with E-state index in [2.05, 4.69) is 28.2 Å². The lowest BCUT2D eigenvalue weighted by molar-refractivity contribution is -0.127. The molecular formula is C18H19N3OS2. The van der Waals surface area contributed by atoms with Gasteiger partial charge in [-0.05, 0) is 25.5 Å². The minimum atomic E-state index is -0.183. The van der Waals surface area contributed by atoms with Crippen LogP contribution in [0.25, 0.3) is 20.7 Å². The molecule has 24 heavy (non-hydrogen) atoms. The summed E-state index contributed by atoms with van der Waals surface area (Å²) in [6, 6.07) is 12.4. The lowest BCUT2D eigenvalue weighted by Gasteiger charge is -2.16. The van der Waals surface area contributed by atoms with Crippen molar-refractivity contribution in [2.24, 2.45) is 0 Å². The van der Waals surface area contributed by atoms with E-state index in [4.69, 9.17) is 0 Å². The zero-order valence-corrected chi connectivity index (χ0v) is 15.7. The molecule has 2 heterocycles. The number of aromatic nitrogens is 2. The number of amides is 1. The van der Waals surface area contributed by atoms with E-state index in [9.17, 15) is 4.79 Å². The number of hydrogen-bond acceptors (Lipinski definition) is 5. The molecule has 6 heteroatoms. The number of benzene rings is 1. The predicted molar refractivity (Wildman–Crippen MR) is 102 cm³/mol. The Kier molecular flexibility index (Phi) is 4.87. The Balaban J connectivity index is 2.02. The number of fused-ring (bicyclic) bond motifs is 1. The van der Waals surface area contributed by atoms with E-state index in [-0.39, 0.29) is 11.2 Å². The lowest BCUT2D eigenvalue weighted by Crippen LogP contribution is -2.29. The third-order valence-electron chi connectivity index (χ3n) is 3.60. The lowest BCUT2D eigenvalue weighted by atomic mass is 10.2. The molecule has 0 bridgehead atoms. The second-order valence-corrected chi connectivity index (χ2v) is 8.12. The Labute approximate surface area is 149 Å². The number of hydrogen-bond donors (Lipinski definition) is 0. The van der Waals surface area contributed by atoms with Crippen LogP contribution in [0.5, 0.6) is 0 Å². The van der Waals surface area contributed by atoms with Gasteiger partial charge in [0.2, 0.25) is 5.91 Å². The summed E-state index contributed by atoms with van der Waals surface area (Å²) >= 11 is 3.16. The van der Waals surface area contributed by atoms with Crippen molar-refractivity contribution < 1.29 is 4.79 Å². The molecule has 0 saturated heterocycles. The Morgan fingerprint density at radius 1 is 1.21 bits per heavy atom. The number of carbonyl (C=O) groups is 1. The van der Waals surface area contributed by atoms with Crippen molar-refractivity contribution in [1.29, 1.82) is 0 Å². The third-order valence-corrected chi connectivity index (χ3v) is 5.77. The van der Waals surface area contributed by atoms with Crippen LogP contribution in [-0.2, 0) is 4.79 Å². The summed E-state index contributed by atoms with van der Waals surface area (Å²) in [6.45, 7) is 3.81. The maximum atomic E-state index is 12.2. The molecule has 1 atom stereocenters. The van der Waals surface area contributed by atoms with E-state index >= 15 is 0 Å². The number of rotatable bonds is 4. The SMILES string of the molecule is Cc1nc(S[C@H](C)C(=O)N(C)C)c2cc(-c3ccccc3)sc2n1. The van der Waals surface area contributed by atoms with Crippen LogP contribution in [0.15, 0.2) is 41.4 Å². The molecule has 3 rings (SSSR count). The Hall–Kier alpha value is -1.92. The molecule has 0 fully saturated rings. The van der Waals surface area contributed by atoms with Gasteiger partial charge >= 0.3 is 0 Å². The van der Waals surface area contributed by atoms with Crippen LogP contribution in [0, 0.1) is 6.92 Å². The summed E-state index contributed by atoms with van der Waals surface area (Å²) in [7, 11) is 3.55. The van der Waals surface area contributed by atoms with Crippen LogP contribution in [0.3, 0.4) is 0 Å². The first-order chi connectivity index (χ1) is 11.5. The van der Waals surface area contributed by atoms with Gasteiger partial charge in [-0.1, -0.05) is 42.1 Å². The minimum Gasteiger partial charge on any atom is -0.348 e. The summed E-state index contributed by atoms with van der Waals surface area (Å²) in [5.74, 6) is 0.818. The molecule has 124 valence electrons. The Bertz CT molecular complexity index is 875. The number of carbonyl (C=O) groups excluding carboxylic acids is 1. The highest BCUT2D eigenvalue weighted by atomic mass is 32.2. The van der Waals surface area contributed by atoms with Crippen LogP contribution in [0.1, 0.15) is 12.7 Å². The fraction of sp³-hybridized carbons (Fsp3) is 0.278. The molecule has 0 unspecified atom stereocenters. The highest BCUT2D eigenvalue weighted by Gasteiger charge is 2.20. The van der Waals surface area contributed by atoms with Crippen LogP contribution in [0.2, 0.25) is 0 Å². The highest BCUT2D eigenvalue weighted by molar-refractivity contribution is 8.00. The van der Waals surface area contributed by atoms with E-state index in [1.54, 1.807) is 30.3 Å². The van der Waals surface area contributed by atoms with Gasteiger partial charge in [-0.15, -0.1) is 11.3 Å². The number of nitrogens with zero attached hydrogens (tertiary/aromatic N) is 3. The molecule has 4 nitrogen and oxygen atoms in total. The average Bonchev–Trinajstić information content (AvgIpc) is 2.98. The van der Waals surface area contributed by atoms with Crippen molar-refractivity contribution in [3.63, 3.8) is 0 Å². The summed E-state index contributed by atoms with van der Waals surface area (Å²) in [5, 5.41) is 1.71. The molecule has 0 radical (unpaired) electrons. The standard InChI is InChI=1S/C18H19N3OS2/c1-11(18(22)21(3)4)23-16-14-10-15(13-8-6-5-7-9-13)24-17(14)20-12(2)19-16/h5-11H,1-4H3/t11-/m1/s1. The molecular weight excluding hydrogens is 338 g/mol. The zero-order valence-electron chi connectivity index (χ0n) is 14.1. The molecule has 1 aromatic carbocycles. The van der Waals surface area contributed by atoms with Gasteiger partial charge in [0.1, 0.15) is 15.7 Å². The summed E-state index contributed by atoms with van der Waals surface area (Å²) in [5.41, 5.74) is 1.17. The van der Waals surface area contributed by atoms with E-state index < -0.39 is 0 Å². The van der Waals surface area contributed by atoms with E-state index in [0.29, 0.717) is 0 Å². The van der Waals surface area contributed by atoms with Crippen LogP contribution in [-0.4, -0.2) is 40.1 Å². The van der Waals surface area contributed by atoms with Crippen molar-refractivity contribution >= 4 is 39.2 Å². The van der Waals surface area contributed by atoms with Crippen molar-refractivity contribution in [2.75, 3.05) is 14.1 Å². The van der Waals surface area contributed by atoms with Crippen LogP contribution >= 0.6 is 23.1 Å². The van der Waals surface area contributed by atoms with Crippen LogP contribution in [0.4, 0.5) is 0 Å². The van der Waals surface area contributed by atoms with Gasteiger partial charge in [0, 0.05) is 24.4 Å². The average molecular weight is 358 g/mol. The monoisotopic (exact) mass is 357 g/mol. The van der Waals surface area contributed by atoms with Crippen molar-refractivity contribution in [3.05, 3.63) is 42.2 Å². The van der Waals surface area contributed by atoms with Gasteiger partial charge in [-0.3, -0.25) is 4.79 Å². The first-order valence-corrected chi connectivity index (χ1v) is 9.36. The van der Waals surface area contributed by atoms with Gasteiger partial charge < -0.3 is 4.90 Å². The number of thiophene rings is 1. The molecule has 0 N–H and O–H groups in total. The van der Waals surface area contributed by atoms with E-state index in [1.807, 2.05) is 32.0 Å². The van der Waals surface area contributed by atoms with Crippen LogP contribution < -0.4 is 0 Å². The highest BCUT2D eigenvalue weighted by Crippen LogP contribution is 2.37. The van der Waals surface area contributed by atoms with Crippen molar-refractivity contribution in [1.82, 2.24) is 14.9 Å². The smallest absolute Gasteiger partial charge is 0.235 e. The fourth-order valence-corrected chi connectivity index (χ4v) is 4.67. The third kappa shape index (κ3) is 3.44. The second-order valence-electron chi connectivity index (χ2n) is 5.76. The molecule has 0 aliphatic heterocycles. The van der Waals surface area contributed by atoms with E-state index in [1.165, 1.54) is 22.2 Å². The van der Waals surface area contributed by atoms with Gasteiger partial charge in [0.25, 0.3) is 0 Å². The van der Waals surface area contributed by atoms with Gasteiger partial charge in [0.05, 0.1) is 5.25 Å². The van der Waals surface area contributed by atoms with Gasteiger partial charge in [-0.2, -0.15) is 0 Å². The molecule has 0 spiro atoms. The Morgan fingerprint density at radius 2 is 1.92 bits per heavy atom. The second kappa shape index (κ2) is 6.91. The molecule has 1 amide bonds. The fourth-order valence-electron chi connectivity index (χ4n) is 2.41. The van der Waals surface area contributed by atoms with Crippen molar-refractivity contribution in [2.45, 2.75) is 24.1 Å². The number of thioether (sulfide) groups is 1. The predicted octanol–water partition coefficient (Wildman–Crippen LogP) is 4.24. The molecule has 3 aromatic rings. The first-order valence-electron chi connectivity index (χ1n) is 7.67. The maximum absolute atomic E-state index is 12.2. The normalized spacial score (nSPS) is 12.3. The molecule has 2 aromatic heterocycles. The molecule has 0 saturated carbocycles. The maximum Gasteiger partial charge on any atom is 0.235 e.